The highest BCUT2D eigenvalue weighted by Crippen LogP contribution is 2.22. The van der Waals surface area contributed by atoms with Gasteiger partial charge in [-0.25, -0.2) is 12.7 Å². The molecule has 25 heavy (non-hydrogen) atoms. The van der Waals surface area contributed by atoms with Crippen LogP contribution >= 0.6 is 0 Å². The number of hydrogen-bond donors (Lipinski definition) is 1. The van der Waals surface area contributed by atoms with E-state index in [0.717, 1.165) is 24.0 Å². The summed E-state index contributed by atoms with van der Waals surface area (Å²) in [6.07, 6.45) is 3.04. The van der Waals surface area contributed by atoms with Gasteiger partial charge in [-0.1, -0.05) is 43.7 Å². The Morgan fingerprint density at radius 3 is 2.44 bits per heavy atom. The molecule has 0 aromatic heterocycles. The number of hydrogen-bond acceptors (Lipinski definition) is 3. The summed E-state index contributed by atoms with van der Waals surface area (Å²) in [7, 11) is -3.33. The predicted molar refractivity (Wildman–Crippen MR) is 101 cm³/mol. The predicted octanol–water partition coefficient (Wildman–Crippen LogP) is 2.84. The normalized spacial score (nSPS) is 17.0. The minimum absolute atomic E-state index is 0.0271. The van der Waals surface area contributed by atoms with Crippen LogP contribution in [0, 0.1) is 12.8 Å². The van der Waals surface area contributed by atoms with Crippen LogP contribution in [0.2, 0.25) is 0 Å². The lowest BCUT2D eigenvalue weighted by molar-refractivity contribution is -0.126. The number of nitrogens with one attached hydrogen (secondary N) is 1. The highest BCUT2D eigenvalue weighted by Gasteiger charge is 2.31. The van der Waals surface area contributed by atoms with E-state index in [1.165, 1.54) is 4.31 Å². The maximum Gasteiger partial charge on any atom is 0.223 e. The molecule has 1 heterocycles. The molecule has 1 N–H and O–H groups in total. The summed E-state index contributed by atoms with van der Waals surface area (Å²) in [5, 5.41) is 3.08. The average Bonchev–Trinajstić information content (AvgIpc) is 2.59. The van der Waals surface area contributed by atoms with Crippen molar-refractivity contribution >= 4 is 15.9 Å². The first-order chi connectivity index (χ1) is 11.9. The largest absolute Gasteiger partial charge is 0.353 e. The molecule has 0 spiro atoms. The molecule has 140 valence electrons. The molecular weight excluding hydrogens is 336 g/mol. The third-order valence-corrected chi connectivity index (χ3v) is 6.83. The molecule has 2 rings (SSSR count). The van der Waals surface area contributed by atoms with Crippen molar-refractivity contribution in [3.8, 4) is 0 Å². The van der Waals surface area contributed by atoms with Crippen LogP contribution < -0.4 is 5.32 Å². The summed E-state index contributed by atoms with van der Waals surface area (Å²) in [6, 6.07) is 7.82. The van der Waals surface area contributed by atoms with Gasteiger partial charge in [0.15, 0.2) is 0 Å². The quantitative estimate of drug-likeness (QED) is 0.807. The van der Waals surface area contributed by atoms with E-state index in [0.29, 0.717) is 25.9 Å². The van der Waals surface area contributed by atoms with E-state index in [4.69, 9.17) is 0 Å². The van der Waals surface area contributed by atoms with Gasteiger partial charge < -0.3 is 5.32 Å². The zero-order valence-electron chi connectivity index (χ0n) is 15.5. The molecule has 1 amide bonds. The minimum Gasteiger partial charge on any atom is -0.353 e. The highest BCUT2D eigenvalue weighted by molar-refractivity contribution is 7.88. The lowest BCUT2D eigenvalue weighted by Gasteiger charge is -2.31. The Morgan fingerprint density at radius 1 is 1.24 bits per heavy atom. The van der Waals surface area contributed by atoms with Gasteiger partial charge in [-0.3, -0.25) is 4.79 Å². The fourth-order valence-corrected chi connectivity index (χ4v) is 4.86. The van der Waals surface area contributed by atoms with Crippen LogP contribution in [0.5, 0.6) is 0 Å². The minimum atomic E-state index is -3.33. The van der Waals surface area contributed by atoms with Crippen LogP contribution in [-0.2, 0) is 20.6 Å². The molecule has 1 aliphatic heterocycles. The van der Waals surface area contributed by atoms with Gasteiger partial charge in [0.25, 0.3) is 0 Å². The second-order valence-electron chi connectivity index (χ2n) is 6.94. The Morgan fingerprint density at radius 2 is 1.88 bits per heavy atom. The maximum absolute atomic E-state index is 12.6. The number of amides is 1. The molecule has 1 aliphatic rings. The summed E-state index contributed by atoms with van der Waals surface area (Å²) in [5.41, 5.74) is 1.87. The number of rotatable bonds is 7. The van der Waals surface area contributed by atoms with Crippen molar-refractivity contribution in [1.82, 2.24) is 9.62 Å². The molecule has 1 aromatic rings. The number of aryl methyl sites for hydroxylation is 1. The summed E-state index contributed by atoms with van der Waals surface area (Å²) in [6.45, 7) is 6.94. The average molecular weight is 367 g/mol. The molecule has 0 atom stereocenters. The fourth-order valence-electron chi connectivity index (χ4n) is 3.31. The van der Waals surface area contributed by atoms with E-state index < -0.39 is 10.0 Å². The molecule has 1 fully saturated rings. The molecular formula is C19H30N2O3S. The van der Waals surface area contributed by atoms with Crippen molar-refractivity contribution in [1.29, 1.82) is 0 Å². The zero-order valence-corrected chi connectivity index (χ0v) is 16.3. The van der Waals surface area contributed by atoms with Gasteiger partial charge in [0.1, 0.15) is 0 Å². The Kier molecular flexibility index (Phi) is 7.02. The van der Waals surface area contributed by atoms with Crippen LogP contribution in [0.4, 0.5) is 0 Å². The number of carbonyl (C=O) groups excluding carboxylic acids is 1. The molecule has 0 radical (unpaired) electrons. The third kappa shape index (κ3) is 5.54. The lowest BCUT2D eigenvalue weighted by Crippen LogP contribution is -2.45. The summed E-state index contributed by atoms with van der Waals surface area (Å²) in [4.78, 5) is 12.3. The number of carbonyl (C=O) groups is 1. The van der Waals surface area contributed by atoms with Gasteiger partial charge in [0.05, 0.1) is 5.75 Å². The van der Waals surface area contributed by atoms with Gasteiger partial charge in [-0.2, -0.15) is 0 Å². The van der Waals surface area contributed by atoms with Gasteiger partial charge in [-0.15, -0.1) is 0 Å². The van der Waals surface area contributed by atoms with Crippen molar-refractivity contribution < 1.29 is 13.2 Å². The second kappa shape index (κ2) is 8.81. The third-order valence-electron chi connectivity index (χ3n) is 4.98. The van der Waals surface area contributed by atoms with Gasteiger partial charge in [-0.05, 0) is 38.2 Å². The van der Waals surface area contributed by atoms with Crippen molar-refractivity contribution in [2.45, 2.75) is 58.2 Å². The number of piperidine rings is 1. The zero-order chi connectivity index (χ0) is 18.4. The molecule has 0 unspecified atom stereocenters. The van der Waals surface area contributed by atoms with Gasteiger partial charge in [0, 0.05) is 25.0 Å². The summed E-state index contributed by atoms with van der Waals surface area (Å²) >= 11 is 0. The Bertz CT molecular complexity index is 676. The molecule has 1 saturated heterocycles. The molecule has 0 aliphatic carbocycles. The Hall–Kier alpha value is -1.40. The maximum atomic E-state index is 12.6. The second-order valence-corrected chi connectivity index (χ2v) is 8.91. The van der Waals surface area contributed by atoms with E-state index in [1.54, 1.807) is 0 Å². The standard InChI is InChI=1S/C19H30N2O3S/c1-4-18(5-2)20-19(22)17-9-11-21(12-10-17)25(23,24)14-16-8-6-7-15(3)13-16/h6-8,13,17-18H,4-5,9-12,14H2,1-3H3,(H,20,22). The molecule has 0 saturated carbocycles. The Labute approximate surface area is 151 Å². The lowest BCUT2D eigenvalue weighted by atomic mass is 9.96. The topological polar surface area (TPSA) is 66.5 Å². The van der Waals surface area contributed by atoms with Crippen LogP contribution in [-0.4, -0.2) is 37.8 Å². The Balaban J connectivity index is 1.91. The van der Waals surface area contributed by atoms with E-state index in [9.17, 15) is 13.2 Å². The van der Waals surface area contributed by atoms with Crippen LogP contribution in [0.25, 0.3) is 0 Å². The number of benzene rings is 1. The molecule has 0 bridgehead atoms. The number of nitrogens with zero attached hydrogens (tertiary/aromatic N) is 1. The summed E-state index contributed by atoms with van der Waals surface area (Å²) < 4.78 is 26.8. The highest BCUT2D eigenvalue weighted by atomic mass is 32.2. The molecule has 1 aromatic carbocycles. The SMILES string of the molecule is CCC(CC)NC(=O)C1CCN(S(=O)(=O)Cc2cccc(C)c2)CC1. The smallest absolute Gasteiger partial charge is 0.223 e. The van der Waals surface area contributed by atoms with Crippen molar-refractivity contribution in [2.24, 2.45) is 5.92 Å². The van der Waals surface area contributed by atoms with E-state index in [2.05, 4.69) is 19.2 Å². The van der Waals surface area contributed by atoms with E-state index in [-0.39, 0.29) is 23.6 Å². The molecule has 5 nitrogen and oxygen atoms in total. The number of sulfonamides is 1. The van der Waals surface area contributed by atoms with Crippen LogP contribution in [0.1, 0.15) is 50.7 Å². The first kappa shape index (κ1) is 19.9. The van der Waals surface area contributed by atoms with Crippen LogP contribution in [0.3, 0.4) is 0 Å². The summed E-state index contributed by atoms with van der Waals surface area (Å²) in [5.74, 6) is 0.0229. The molecule has 6 heteroatoms. The van der Waals surface area contributed by atoms with Crippen molar-refractivity contribution in [3.63, 3.8) is 0 Å². The van der Waals surface area contributed by atoms with E-state index >= 15 is 0 Å². The first-order valence-electron chi connectivity index (χ1n) is 9.19. The van der Waals surface area contributed by atoms with Gasteiger partial charge >= 0.3 is 0 Å². The monoisotopic (exact) mass is 366 g/mol. The fraction of sp³-hybridized carbons (Fsp3) is 0.632. The van der Waals surface area contributed by atoms with E-state index in [1.807, 2.05) is 31.2 Å². The van der Waals surface area contributed by atoms with Gasteiger partial charge in [0.2, 0.25) is 15.9 Å². The van der Waals surface area contributed by atoms with Crippen molar-refractivity contribution in [3.05, 3.63) is 35.4 Å². The van der Waals surface area contributed by atoms with Crippen molar-refractivity contribution in [2.75, 3.05) is 13.1 Å². The first-order valence-corrected chi connectivity index (χ1v) is 10.8. The van der Waals surface area contributed by atoms with Crippen LogP contribution in [0.15, 0.2) is 24.3 Å².